The van der Waals surface area contributed by atoms with Crippen LogP contribution in [0.4, 0.5) is 0 Å². The molecule has 0 bridgehead atoms. The normalized spacial score (nSPS) is 24.5. The van der Waals surface area contributed by atoms with Crippen molar-refractivity contribution in [2.45, 2.75) is 143 Å². The predicted octanol–water partition coefficient (Wildman–Crippen LogP) is 8.48. The van der Waals surface area contributed by atoms with Gasteiger partial charge in [0.2, 0.25) is 0 Å². The van der Waals surface area contributed by atoms with Crippen LogP contribution >= 0.6 is 0 Å². The van der Waals surface area contributed by atoms with Gasteiger partial charge in [-0.05, 0) is 31.1 Å². The van der Waals surface area contributed by atoms with Gasteiger partial charge in [0.05, 0.1) is 10.8 Å². The Morgan fingerprint density at radius 1 is 0.719 bits per heavy atom. The maximum Gasteiger partial charge on any atom is 0.311 e. The highest BCUT2D eigenvalue weighted by molar-refractivity contribution is 5.87. The molecule has 0 heterocycles. The topological polar surface area (TPSA) is 74.6 Å². The SMILES string of the molecule is CCC(C)C1(C(=O)O)CCCCC1(CCCCCCCCCCCCCC(C)C)C(=O)O. The summed E-state index contributed by atoms with van der Waals surface area (Å²) >= 11 is 0. The van der Waals surface area contributed by atoms with Crippen molar-refractivity contribution in [3.63, 3.8) is 0 Å². The molecule has 0 aromatic carbocycles. The Bertz CT molecular complexity index is 544. The van der Waals surface area contributed by atoms with Gasteiger partial charge in [-0.25, -0.2) is 0 Å². The highest BCUT2D eigenvalue weighted by atomic mass is 16.4. The van der Waals surface area contributed by atoms with Gasteiger partial charge >= 0.3 is 11.9 Å². The Balaban J connectivity index is 2.39. The Labute approximate surface area is 197 Å². The van der Waals surface area contributed by atoms with Crippen molar-refractivity contribution in [1.29, 1.82) is 0 Å². The molecule has 0 aromatic rings. The number of carboxylic acid groups (broad SMARTS) is 2. The number of unbranched alkanes of at least 4 members (excludes halogenated alkanes) is 10. The molecule has 0 aliphatic heterocycles. The zero-order valence-electron chi connectivity index (χ0n) is 21.6. The minimum absolute atomic E-state index is 0.123. The second-order valence-corrected chi connectivity index (χ2v) is 11.0. The van der Waals surface area contributed by atoms with Crippen molar-refractivity contribution in [1.82, 2.24) is 0 Å². The molecule has 188 valence electrons. The van der Waals surface area contributed by atoms with Crippen LogP contribution in [0.25, 0.3) is 0 Å². The lowest BCUT2D eigenvalue weighted by atomic mass is 9.49. The van der Waals surface area contributed by atoms with Crippen molar-refractivity contribution < 1.29 is 19.8 Å². The van der Waals surface area contributed by atoms with E-state index < -0.39 is 22.8 Å². The van der Waals surface area contributed by atoms with Gasteiger partial charge in [-0.2, -0.15) is 0 Å². The van der Waals surface area contributed by atoms with E-state index in [9.17, 15) is 19.8 Å². The summed E-state index contributed by atoms with van der Waals surface area (Å²) in [4.78, 5) is 25.0. The third-order valence-electron chi connectivity index (χ3n) is 8.41. The number of hydrogen-bond donors (Lipinski definition) is 2. The minimum atomic E-state index is -1.12. The first-order chi connectivity index (χ1) is 15.2. The molecule has 0 aromatic heterocycles. The molecule has 3 unspecified atom stereocenters. The summed E-state index contributed by atoms with van der Waals surface area (Å²) in [5, 5.41) is 20.5. The number of aliphatic carboxylic acids is 2. The van der Waals surface area contributed by atoms with E-state index in [0.717, 1.165) is 38.0 Å². The standard InChI is InChI=1S/C28H52O4/c1-5-24(4)28(26(31)32)22-18-17-21-27(28,25(29)30)20-16-14-12-10-8-6-7-9-11-13-15-19-23(2)3/h23-24H,5-22H2,1-4H3,(H,29,30)(H,31,32). The molecule has 4 nitrogen and oxygen atoms in total. The van der Waals surface area contributed by atoms with E-state index >= 15 is 0 Å². The highest BCUT2D eigenvalue weighted by Gasteiger charge is 2.63. The minimum Gasteiger partial charge on any atom is -0.481 e. The molecule has 0 saturated heterocycles. The van der Waals surface area contributed by atoms with E-state index in [1.165, 1.54) is 57.8 Å². The molecule has 32 heavy (non-hydrogen) atoms. The summed E-state index contributed by atoms with van der Waals surface area (Å²) in [6.45, 7) is 8.53. The van der Waals surface area contributed by atoms with Crippen LogP contribution in [-0.2, 0) is 9.59 Å². The highest BCUT2D eigenvalue weighted by Crippen LogP contribution is 2.58. The fourth-order valence-electron chi connectivity index (χ4n) is 6.20. The fraction of sp³-hybridized carbons (Fsp3) is 0.929. The summed E-state index contributed by atoms with van der Waals surface area (Å²) < 4.78 is 0. The number of carbonyl (C=O) groups is 2. The van der Waals surface area contributed by atoms with Crippen LogP contribution in [0.5, 0.6) is 0 Å². The van der Waals surface area contributed by atoms with Crippen LogP contribution in [-0.4, -0.2) is 22.2 Å². The Morgan fingerprint density at radius 3 is 1.62 bits per heavy atom. The monoisotopic (exact) mass is 452 g/mol. The predicted molar refractivity (Wildman–Crippen MR) is 133 cm³/mol. The van der Waals surface area contributed by atoms with Gasteiger partial charge in [0, 0.05) is 0 Å². The van der Waals surface area contributed by atoms with E-state index in [0.29, 0.717) is 25.7 Å². The van der Waals surface area contributed by atoms with Gasteiger partial charge in [0.1, 0.15) is 0 Å². The molecule has 4 heteroatoms. The van der Waals surface area contributed by atoms with Crippen LogP contribution in [0, 0.1) is 22.7 Å². The zero-order chi connectivity index (χ0) is 24.0. The Morgan fingerprint density at radius 2 is 1.19 bits per heavy atom. The molecular formula is C28H52O4. The van der Waals surface area contributed by atoms with Crippen LogP contribution in [0.2, 0.25) is 0 Å². The largest absolute Gasteiger partial charge is 0.481 e. The average Bonchev–Trinajstić information content (AvgIpc) is 2.75. The zero-order valence-corrected chi connectivity index (χ0v) is 21.6. The lowest BCUT2D eigenvalue weighted by Gasteiger charge is -2.51. The van der Waals surface area contributed by atoms with Crippen molar-refractivity contribution in [3.8, 4) is 0 Å². The van der Waals surface area contributed by atoms with Crippen LogP contribution < -0.4 is 0 Å². The second kappa shape index (κ2) is 15.0. The first-order valence-corrected chi connectivity index (χ1v) is 13.7. The molecule has 0 spiro atoms. The molecule has 1 fully saturated rings. The summed E-state index contributed by atoms with van der Waals surface area (Å²) in [7, 11) is 0. The lowest BCUT2D eigenvalue weighted by molar-refractivity contribution is -0.188. The molecule has 1 saturated carbocycles. The summed E-state index contributed by atoms with van der Waals surface area (Å²) in [6.07, 6.45) is 18.8. The average molecular weight is 453 g/mol. The van der Waals surface area contributed by atoms with Crippen molar-refractivity contribution >= 4 is 11.9 Å². The summed E-state index contributed by atoms with van der Waals surface area (Å²) in [5.74, 6) is -1.07. The van der Waals surface area contributed by atoms with Crippen LogP contribution in [0.3, 0.4) is 0 Å². The third-order valence-corrected chi connectivity index (χ3v) is 8.41. The van der Waals surface area contributed by atoms with Crippen molar-refractivity contribution in [2.75, 3.05) is 0 Å². The van der Waals surface area contributed by atoms with Gasteiger partial charge in [-0.15, -0.1) is 0 Å². The van der Waals surface area contributed by atoms with Crippen LogP contribution in [0.1, 0.15) is 143 Å². The Kier molecular flexibility index (Phi) is 13.5. The van der Waals surface area contributed by atoms with E-state index in [-0.39, 0.29) is 5.92 Å². The molecule has 1 aliphatic rings. The molecule has 1 rings (SSSR count). The molecular weight excluding hydrogens is 400 g/mol. The number of carboxylic acids is 2. The quantitative estimate of drug-likeness (QED) is 0.204. The third kappa shape index (κ3) is 7.76. The van der Waals surface area contributed by atoms with Gasteiger partial charge in [0.15, 0.2) is 0 Å². The number of hydrogen-bond acceptors (Lipinski definition) is 2. The lowest BCUT2D eigenvalue weighted by Crippen LogP contribution is -2.57. The number of rotatable bonds is 18. The first kappa shape index (κ1) is 29.0. The van der Waals surface area contributed by atoms with E-state index in [2.05, 4.69) is 13.8 Å². The molecule has 0 amide bonds. The van der Waals surface area contributed by atoms with Gasteiger partial charge in [-0.1, -0.05) is 124 Å². The van der Waals surface area contributed by atoms with E-state index in [1.54, 1.807) is 0 Å². The fourth-order valence-corrected chi connectivity index (χ4v) is 6.20. The van der Waals surface area contributed by atoms with Crippen molar-refractivity contribution in [2.24, 2.45) is 22.7 Å². The van der Waals surface area contributed by atoms with E-state index in [1.807, 2.05) is 13.8 Å². The van der Waals surface area contributed by atoms with Crippen molar-refractivity contribution in [3.05, 3.63) is 0 Å². The maximum atomic E-state index is 12.5. The van der Waals surface area contributed by atoms with Crippen LogP contribution in [0.15, 0.2) is 0 Å². The van der Waals surface area contributed by atoms with Gasteiger partial charge in [-0.3, -0.25) is 9.59 Å². The Hall–Kier alpha value is -1.06. The molecule has 0 radical (unpaired) electrons. The summed E-state index contributed by atoms with van der Waals surface area (Å²) in [5.41, 5.74) is -2.23. The van der Waals surface area contributed by atoms with E-state index in [4.69, 9.17) is 0 Å². The molecule has 1 aliphatic carbocycles. The molecule has 2 N–H and O–H groups in total. The second-order valence-electron chi connectivity index (χ2n) is 11.0. The van der Waals surface area contributed by atoms with Gasteiger partial charge in [0.25, 0.3) is 0 Å². The maximum absolute atomic E-state index is 12.5. The smallest absolute Gasteiger partial charge is 0.311 e. The van der Waals surface area contributed by atoms with Gasteiger partial charge < -0.3 is 10.2 Å². The summed E-state index contributed by atoms with van der Waals surface area (Å²) in [6, 6.07) is 0. The molecule has 3 atom stereocenters. The first-order valence-electron chi connectivity index (χ1n) is 13.7.